The summed E-state index contributed by atoms with van der Waals surface area (Å²) in [6.07, 6.45) is 7.84. The first kappa shape index (κ1) is 13.7. The van der Waals surface area contributed by atoms with Crippen molar-refractivity contribution in [3.63, 3.8) is 0 Å². The molecular formula is C15H22N4. The third kappa shape index (κ3) is 3.89. The van der Waals surface area contributed by atoms with Gasteiger partial charge in [0.2, 0.25) is 0 Å². The molecule has 1 unspecified atom stereocenters. The SMILES string of the molecule is CCCNC(Cc1ccn(C)n1)c1cncc(C)c1. The van der Waals surface area contributed by atoms with Gasteiger partial charge < -0.3 is 5.32 Å². The van der Waals surface area contributed by atoms with Crippen molar-refractivity contribution in [3.05, 3.63) is 47.5 Å². The monoisotopic (exact) mass is 258 g/mol. The third-order valence-corrected chi connectivity index (χ3v) is 3.12. The van der Waals surface area contributed by atoms with Gasteiger partial charge in [-0.15, -0.1) is 0 Å². The normalized spacial score (nSPS) is 12.6. The zero-order valence-corrected chi connectivity index (χ0v) is 11.9. The average Bonchev–Trinajstić information content (AvgIpc) is 2.80. The van der Waals surface area contributed by atoms with Crippen LogP contribution in [0.15, 0.2) is 30.7 Å². The van der Waals surface area contributed by atoms with Crippen molar-refractivity contribution in [2.45, 2.75) is 32.7 Å². The minimum atomic E-state index is 0.280. The van der Waals surface area contributed by atoms with E-state index in [1.165, 1.54) is 11.1 Å². The second kappa shape index (κ2) is 6.48. The van der Waals surface area contributed by atoms with E-state index in [-0.39, 0.29) is 6.04 Å². The zero-order chi connectivity index (χ0) is 13.7. The fraction of sp³-hybridized carbons (Fsp3) is 0.467. The highest BCUT2D eigenvalue weighted by molar-refractivity contribution is 5.22. The van der Waals surface area contributed by atoms with Gasteiger partial charge in [0.1, 0.15) is 0 Å². The Labute approximate surface area is 114 Å². The number of hydrogen-bond acceptors (Lipinski definition) is 3. The van der Waals surface area contributed by atoms with Gasteiger partial charge in [-0.1, -0.05) is 13.0 Å². The van der Waals surface area contributed by atoms with Crippen LogP contribution >= 0.6 is 0 Å². The van der Waals surface area contributed by atoms with Crippen LogP contribution < -0.4 is 5.32 Å². The molecule has 0 amide bonds. The smallest absolute Gasteiger partial charge is 0.0643 e. The molecule has 0 aliphatic carbocycles. The fourth-order valence-corrected chi connectivity index (χ4v) is 2.18. The molecule has 0 fully saturated rings. The van der Waals surface area contributed by atoms with Crippen LogP contribution in [0.3, 0.4) is 0 Å². The van der Waals surface area contributed by atoms with Crippen LogP contribution in [0.5, 0.6) is 0 Å². The maximum Gasteiger partial charge on any atom is 0.0643 e. The van der Waals surface area contributed by atoms with E-state index in [4.69, 9.17) is 0 Å². The molecule has 2 aromatic rings. The van der Waals surface area contributed by atoms with Crippen molar-refractivity contribution in [2.75, 3.05) is 6.54 Å². The molecule has 0 saturated heterocycles. The first-order valence-electron chi connectivity index (χ1n) is 6.82. The molecular weight excluding hydrogens is 236 g/mol. The summed E-state index contributed by atoms with van der Waals surface area (Å²) in [6, 6.07) is 4.55. The lowest BCUT2D eigenvalue weighted by molar-refractivity contribution is 0.519. The molecule has 0 saturated carbocycles. The van der Waals surface area contributed by atoms with Crippen molar-refractivity contribution in [1.29, 1.82) is 0 Å². The molecule has 1 atom stereocenters. The maximum absolute atomic E-state index is 4.46. The van der Waals surface area contributed by atoms with E-state index in [1.807, 2.05) is 30.3 Å². The lowest BCUT2D eigenvalue weighted by atomic mass is 10.0. The van der Waals surface area contributed by atoms with Crippen LogP contribution in [-0.2, 0) is 13.5 Å². The summed E-state index contributed by atoms with van der Waals surface area (Å²) in [7, 11) is 1.95. The van der Waals surface area contributed by atoms with Gasteiger partial charge in [0.15, 0.2) is 0 Å². The van der Waals surface area contributed by atoms with E-state index < -0.39 is 0 Å². The molecule has 0 aliphatic rings. The Morgan fingerprint density at radius 1 is 1.37 bits per heavy atom. The molecule has 4 nitrogen and oxygen atoms in total. The van der Waals surface area contributed by atoms with Gasteiger partial charge >= 0.3 is 0 Å². The highest BCUT2D eigenvalue weighted by Crippen LogP contribution is 2.17. The summed E-state index contributed by atoms with van der Waals surface area (Å²) in [5.74, 6) is 0. The minimum Gasteiger partial charge on any atom is -0.310 e. The van der Waals surface area contributed by atoms with Crippen LogP contribution in [0.2, 0.25) is 0 Å². The Morgan fingerprint density at radius 3 is 2.84 bits per heavy atom. The van der Waals surface area contributed by atoms with Crippen molar-refractivity contribution in [2.24, 2.45) is 7.05 Å². The molecule has 0 spiro atoms. The Morgan fingerprint density at radius 2 is 2.21 bits per heavy atom. The standard InChI is InChI=1S/C15H22N4/c1-4-6-17-15(9-14-5-7-19(3)18-14)13-8-12(2)10-16-11-13/h5,7-8,10-11,15,17H,4,6,9H2,1-3H3. The molecule has 2 rings (SSSR count). The summed E-state index contributed by atoms with van der Waals surface area (Å²) in [5.41, 5.74) is 3.54. The molecule has 0 aliphatic heterocycles. The number of aromatic nitrogens is 3. The first-order chi connectivity index (χ1) is 9.19. The molecule has 1 N–H and O–H groups in total. The summed E-state index contributed by atoms with van der Waals surface area (Å²) in [6.45, 7) is 5.26. The topological polar surface area (TPSA) is 42.7 Å². The van der Waals surface area contributed by atoms with E-state index >= 15 is 0 Å². The van der Waals surface area contributed by atoms with Crippen molar-refractivity contribution in [1.82, 2.24) is 20.1 Å². The number of aryl methyl sites for hydroxylation is 2. The summed E-state index contributed by atoms with van der Waals surface area (Å²) < 4.78 is 1.85. The van der Waals surface area contributed by atoms with Gasteiger partial charge in [0.25, 0.3) is 0 Å². The van der Waals surface area contributed by atoms with Gasteiger partial charge in [-0.25, -0.2) is 0 Å². The Balaban J connectivity index is 2.15. The largest absolute Gasteiger partial charge is 0.310 e. The number of hydrogen-bond donors (Lipinski definition) is 1. The summed E-state index contributed by atoms with van der Waals surface area (Å²) in [4.78, 5) is 4.29. The third-order valence-electron chi connectivity index (χ3n) is 3.12. The van der Waals surface area contributed by atoms with E-state index in [0.29, 0.717) is 0 Å². The minimum absolute atomic E-state index is 0.280. The number of nitrogens with zero attached hydrogens (tertiary/aromatic N) is 3. The number of pyridine rings is 1. The van der Waals surface area contributed by atoms with Crippen LogP contribution in [0, 0.1) is 6.92 Å². The number of rotatable bonds is 6. The predicted molar refractivity (Wildman–Crippen MR) is 76.9 cm³/mol. The Bertz CT molecular complexity index is 518. The van der Waals surface area contributed by atoms with Crippen LogP contribution in [-0.4, -0.2) is 21.3 Å². The van der Waals surface area contributed by atoms with Crippen LogP contribution in [0.1, 0.15) is 36.2 Å². The van der Waals surface area contributed by atoms with Gasteiger partial charge in [0.05, 0.1) is 5.69 Å². The van der Waals surface area contributed by atoms with E-state index in [2.05, 4.69) is 41.4 Å². The van der Waals surface area contributed by atoms with E-state index in [1.54, 1.807) is 0 Å². The molecule has 0 aromatic carbocycles. The van der Waals surface area contributed by atoms with Crippen molar-refractivity contribution < 1.29 is 0 Å². The zero-order valence-electron chi connectivity index (χ0n) is 11.9. The highest BCUT2D eigenvalue weighted by Gasteiger charge is 2.13. The second-order valence-corrected chi connectivity index (χ2v) is 4.99. The molecule has 4 heteroatoms. The lowest BCUT2D eigenvalue weighted by Gasteiger charge is -2.18. The maximum atomic E-state index is 4.46. The summed E-state index contributed by atoms with van der Waals surface area (Å²) in [5, 5.41) is 8.04. The van der Waals surface area contributed by atoms with Gasteiger partial charge in [0, 0.05) is 38.1 Å². The summed E-state index contributed by atoms with van der Waals surface area (Å²) >= 11 is 0. The van der Waals surface area contributed by atoms with Gasteiger partial charge in [-0.2, -0.15) is 5.10 Å². The molecule has 102 valence electrons. The van der Waals surface area contributed by atoms with Crippen LogP contribution in [0.4, 0.5) is 0 Å². The Hall–Kier alpha value is -1.68. The van der Waals surface area contributed by atoms with Gasteiger partial charge in [-0.3, -0.25) is 9.67 Å². The van der Waals surface area contributed by atoms with Crippen molar-refractivity contribution >= 4 is 0 Å². The highest BCUT2D eigenvalue weighted by atomic mass is 15.2. The average molecular weight is 258 g/mol. The lowest BCUT2D eigenvalue weighted by Crippen LogP contribution is -2.24. The van der Waals surface area contributed by atoms with E-state index in [0.717, 1.165) is 25.1 Å². The van der Waals surface area contributed by atoms with Gasteiger partial charge in [-0.05, 0) is 37.1 Å². The predicted octanol–water partition coefficient (Wildman–Crippen LogP) is 2.41. The first-order valence-corrected chi connectivity index (χ1v) is 6.82. The Kier molecular flexibility index (Phi) is 4.68. The fourth-order valence-electron chi connectivity index (χ4n) is 2.18. The number of nitrogens with one attached hydrogen (secondary N) is 1. The van der Waals surface area contributed by atoms with Crippen LogP contribution in [0.25, 0.3) is 0 Å². The second-order valence-electron chi connectivity index (χ2n) is 4.99. The molecule has 0 radical (unpaired) electrons. The molecule has 19 heavy (non-hydrogen) atoms. The van der Waals surface area contributed by atoms with Crippen molar-refractivity contribution in [3.8, 4) is 0 Å². The molecule has 2 heterocycles. The molecule has 0 bridgehead atoms. The van der Waals surface area contributed by atoms with E-state index in [9.17, 15) is 0 Å². The quantitative estimate of drug-likeness (QED) is 0.865. The molecule has 2 aromatic heterocycles.